The summed E-state index contributed by atoms with van der Waals surface area (Å²) in [6.45, 7) is 1.68. The average Bonchev–Trinajstić information content (AvgIpc) is 3.58. The van der Waals surface area contributed by atoms with Crippen LogP contribution in [-0.2, 0) is 6.54 Å². The number of piperidine rings is 1. The Morgan fingerprint density at radius 3 is 2.30 bits per heavy atom. The van der Waals surface area contributed by atoms with Gasteiger partial charge < -0.3 is 19.3 Å². The van der Waals surface area contributed by atoms with E-state index in [0.717, 1.165) is 49.9 Å². The van der Waals surface area contributed by atoms with E-state index in [-0.39, 0.29) is 36.2 Å². The Morgan fingerprint density at radius 2 is 1.62 bits per heavy atom. The Morgan fingerprint density at radius 1 is 0.919 bits per heavy atom. The summed E-state index contributed by atoms with van der Waals surface area (Å²) in [5.74, 6) is -3.76. The molecular formula is C26H31F5N4O2. The molecule has 3 fully saturated rings. The Labute approximate surface area is 212 Å². The van der Waals surface area contributed by atoms with Crippen LogP contribution >= 0.6 is 0 Å². The lowest BCUT2D eigenvalue weighted by Gasteiger charge is -2.32. The maximum Gasteiger partial charge on any atom is 0.406 e. The molecule has 0 saturated carbocycles. The van der Waals surface area contributed by atoms with Crippen LogP contribution < -0.4 is 0 Å². The minimum atomic E-state index is -4.59. The molecule has 0 bridgehead atoms. The molecule has 3 aliphatic rings. The van der Waals surface area contributed by atoms with Gasteiger partial charge in [-0.1, -0.05) is 0 Å². The monoisotopic (exact) mass is 526 g/mol. The Balaban J connectivity index is 1.42. The van der Waals surface area contributed by atoms with Gasteiger partial charge in [0.2, 0.25) is 0 Å². The van der Waals surface area contributed by atoms with Crippen molar-refractivity contribution in [2.24, 2.45) is 0 Å². The molecule has 11 heteroatoms. The molecule has 3 aliphatic heterocycles. The quantitative estimate of drug-likeness (QED) is 0.528. The first-order valence-corrected chi connectivity index (χ1v) is 12.9. The van der Waals surface area contributed by atoms with E-state index in [1.165, 1.54) is 29.2 Å². The largest absolute Gasteiger partial charge is 0.406 e. The van der Waals surface area contributed by atoms with Crippen molar-refractivity contribution in [3.63, 3.8) is 0 Å². The number of carbonyl (C=O) groups excluding carboxylic acids is 2. The molecule has 0 aliphatic carbocycles. The van der Waals surface area contributed by atoms with Gasteiger partial charge in [0.05, 0.1) is 0 Å². The molecule has 2 aromatic rings. The van der Waals surface area contributed by atoms with Gasteiger partial charge in [-0.25, -0.2) is 8.78 Å². The third-order valence-corrected chi connectivity index (χ3v) is 7.79. The summed E-state index contributed by atoms with van der Waals surface area (Å²) >= 11 is 0. The van der Waals surface area contributed by atoms with Gasteiger partial charge in [-0.15, -0.1) is 0 Å². The van der Waals surface area contributed by atoms with Crippen molar-refractivity contribution in [3.8, 4) is 0 Å². The smallest absolute Gasteiger partial charge is 0.337 e. The van der Waals surface area contributed by atoms with Crippen molar-refractivity contribution in [1.29, 1.82) is 0 Å². The van der Waals surface area contributed by atoms with Crippen molar-refractivity contribution in [2.75, 3.05) is 39.3 Å². The van der Waals surface area contributed by atoms with Crippen LogP contribution in [0.1, 0.15) is 59.4 Å². The first kappa shape index (κ1) is 25.9. The zero-order chi connectivity index (χ0) is 26.4. The summed E-state index contributed by atoms with van der Waals surface area (Å²) in [6.07, 6.45) is -1.50. The summed E-state index contributed by atoms with van der Waals surface area (Å²) in [5, 5.41) is 0.344. The number of hydrogen-bond acceptors (Lipinski definition) is 3. The SMILES string of the molecule is O=C(c1cc2cc(C(=O)N3CCC[C@H]3CN3CCCC3)ccc2n1CC(F)(F)F)N1CCC(F)(F)CC1. The number of amides is 2. The number of likely N-dealkylation sites (tertiary alicyclic amines) is 3. The summed E-state index contributed by atoms with van der Waals surface area (Å²) < 4.78 is 68.4. The molecule has 0 radical (unpaired) electrons. The van der Waals surface area contributed by atoms with Crippen LogP contribution in [-0.4, -0.2) is 88.5 Å². The zero-order valence-corrected chi connectivity index (χ0v) is 20.6. The minimum Gasteiger partial charge on any atom is -0.337 e. The molecule has 1 aromatic carbocycles. The van der Waals surface area contributed by atoms with Gasteiger partial charge >= 0.3 is 6.18 Å². The fourth-order valence-corrected chi connectivity index (χ4v) is 5.85. The van der Waals surface area contributed by atoms with Crippen LogP contribution in [0.3, 0.4) is 0 Å². The number of carbonyl (C=O) groups is 2. The van der Waals surface area contributed by atoms with Gasteiger partial charge in [-0.3, -0.25) is 9.59 Å². The molecular weight excluding hydrogens is 495 g/mol. The summed E-state index contributed by atoms with van der Waals surface area (Å²) in [4.78, 5) is 31.9. The van der Waals surface area contributed by atoms with Gasteiger partial charge in [0, 0.05) is 61.5 Å². The van der Waals surface area contributed by atoms with Crippen molar-refractivity contribution in [2.45, 2.75) is 63.2 Å². The molecule has 1 aromatic heterocycles. The van der Waals surface area contributed by atoms with Crippen LogP contribution in [0.15, 0.2) is 24.3 Å². The highest BCUT2D eigenvalue weighted by Crippen LogP contribution is 2.32. The van der Waals surface area contributed by atoms with E-state index in [2.05, 4.69) is 4.90 Å². The minimum absolute atomic E-state index is 0.102. The van der Waals surface area contributed by atoms with Crippen molar-refractivity contribution in [1.82, 2.24) is 19.3 Å². The van der Waals surface area contributed by atoms with Crippen LogP contribution in [0.4, 0.5) is 22.0 Å². The van der Waals surface area contributed by atoms with Crippen molar-refractivity contribution >= 4 is 22.7 Å². The predicted octanol–water partition coefficient (Wildman–Crippen LogP) is 4.78. The second kappa shape index (κ2) is 9.89. The Kier molecular flexibility index (Phi) is 6.93. The lowest BCUT2D eigenvalue weighted by Crippen LogP contribution is -2.43. The van der Waals surface area contributed by atoms with Gasteiger partial charge in [0.1, 0.15) is 12.2 Å². The van der Waals surface area contributed by atoms with Crippen LogP contribution in [0.2, 0.25) is 0 Å². The van der Waals surface area contributed by atoms with E-state index in [1.807, 2.05) is 4.90 Å². The lowest BCUT2D eigenvalue weighted by molar-refractivity contribution is -0.140. The highest BCUT2D eigenvalue weighted by Gasteiger charge is 2.38. The third-order valence-electron chi connectivity index (χ3n) is 7.79. The number of fused-ring (bicyclic) bond motifs is 1. The predicted molar refractivity (Wildman–Crippen MR) is 128 cm³/mol. The Bertz CT molecular complexity index is 1160. The van der Waals surface area contributed by atoms with Crippen LogP contribution in [0, 0.1) is 0 Å². The van der Waals surface area contributed by atoms with Gasteiger partial charge in [0.15, 0.2) is 0 Å². The second-order valence-corrected chi connectivity index (χ2v) is 10.5. The number of hydrogen-bond donors (Lipinski definition) is 0. The molecule has 2 amide bonds. The van der Waals surface area contributed by atoms with Crippen molar-refractivity contribution < 1.29 is 31.5 Å². The maximum atomic E-state index is 13.6. The molecule has 202 valence electrons. The fraction of sp³-hybridized carbons (Fsp3) is 0.615. The number of halogens is 5. The molecule has 4 heterocycles. The molecule has 5 rings (SSSR count). The molecule has 37 heavy (non-hydrogen) atoms. The van der Waals surface area contributed by atoms with E-state index in [9.17, 15) is 31.5 Å². The average molecular weight is 527 g/mol. The fourth-order valence-electron chi connectivity index (χ4n) is 5.85. The zero-order valence-electron chi connectivity index (χ0n) is 20.6. The third kappa shape index (κ3) is 5.61. The first-order valence-electron chi connectivity index (χ1n) is 12.9. The van der Waals surface area contributed by atoms with Gasteiger partial charge in [-0.2, -0.15) is 13.2 Å². The number of alkyl halides is 5. The second-order valence-electron chi connectivity index (χ2n) is 10.5. The van der Waals surface area contributed by atoms with Crippen molar-refractivity contribution in [3.05, 3.63) is 35.5 Å². The molecule has 3 saturated heterocycles. The number of benzene rings is 1. The van der Waals surface area contributed by atoms with Crippen LogP contribution in [0.25, 0.3) is 10.9 Å². The van der Waals surface area contributed by atoms with Gasteiger partial charge in [-0.05, 0) is 63.0 Å². The highest BCUT2D eigenvalue weighted by atomic mass is 19.4. The molecule has 6 nitrogen and oxygen atoms in total. The summed E-state index contributed by atoms with van der Waals surface area (Å²) in [7, 11) is 0. The highest BCUT2D eigenvalue weighted by molar-refractivity contribution is 6.02. The lowest BCUT2D eigenvalue weighted by atomic mass is 10.1. The van der Waals surface area contributed by atoms with E-state index in [1.54, 1.807) is 0 Å². The topological polar surface area (TPSA) is 48.8 Å². The summed E-state index contributed by atoms with van der Waals surface area (Å²) in [5.41, 5.74) is 0.325. The molecule has 0 N–H and O–H groups in total. The molecule has 1 atom stereocenters. The van der Waals surface area contributed by atoms with Crippen LogP contribution in [0.5, 0.6) is 0 Å². The first-order chi connectivity index (χ1) is 17.5. The van der Waals surface area contributed by atoms with E-state index < -0.39 is 37.4 Å². The van der Waals surface area contributed by atoms with E-state index in [4.69, 9.17) is 0 Å². The summed E-state index contributed by atoms with van der Waals surface area (Å²) in [6, 6.07) is 5.94. The maximum absolute atomic E-state index is 13.6. The molecule has 0 unspecified atom stereocenters. The van der Waals surface area contributed by atoms with Gasteiger partial charge in [0.25, 0.3) is 17.7 Å². The van der Waals surface area contributed by atoms with E-state index >= 15 is 0 Å². The van der Waals surface area contributed by atoms with E-state index in [0.29, 0.717) is 17.5 Å². The number of aromatic nitrogens is 1. The normalized spacial score (nSPS) is 22.8. The Hall–Kier alpha value is -2.69. The standard InChI is InChI=1S/C26H31F5N4O2/c27-25(28)7-12-33(13-8-25)24(37)22-15-19-14-18(5-6-21(19)35(22)17-26(29,30)31)23(36)34-11-3-4-20(34)16-32-9-1-2-10-32/h5-6,14-15,20H,1-4,7-13,16-17H2/t20-/m0/s1. The number of nitrogens with zero attached hydrogens (tertiary/aromatic N) is 4. The molecule has 0 spiro atoms. The number of rotatable bonds is 5.